The van der Waals surface area contributed by atoms with Gasteiger partial charge in [0.25, 0.3) is 11.8 Å². The topological polar surface area (TPSA) is 106 Å². The fourth-order valence-electron chi connectivity index (χ4n) is 5.19. The van der Waals surface area contributed by atoms with Gasteiger partial charge in [0.2, 0.25) is 5.91 Å². The monoisotopic (exact) mass is 783 g/mol. The molecule has 0 radical (unpaired) electrons. The molecule has 5 aromatic carbocycles. The van der Waals surface area contributed by atoms with Crippen molar-refractivity contribution in [3.8, 4) is 11.5 Å². The third-order valence-corrected chi connectivity index (χ3v) is 8.99. The van der Waals surface area contributed by atoms with E-state index in [-0.39, 0.29) is 33.2 Å². The minimum atomic E-state index is -5.77. The number of ether oxygens (including phenoxy) is 2. The van der Waals surface area contributed by atoms with E-state index in [0.29, 0.717) is 11.3 Å². The molecule has 284 valence electrons. The van der Waals surface area contributed by atoms with Crippen molar-refractivity contribution in [1.29, 1.82) is 0 Å². The van der Waals surface area contributed by atoms with E-state index in [1.54, 1.807) is 59.9 Å². The molecule has 0 aliphatic heterocycles. The summed E-state index contributed by atoms with van der Waals surface area (Å²) in [6.07, 6.45) is -4.40. The summed E-state index contributed by atoms with van der Waals surface area (Å²) in [5.41, 5.74) is -3.72. The number of carbonyl (C=O) groups excluding carboxylic acids is 3. The smallest absolute Gasteiger partial charge is 0.422 e. The fourth-order valence-corrected chi connectivity index (χ4v) is 6.27. The number of thioether (sulfide) groups is 1. The Balaban J connectivity index is 1.45. The molecule has 55 heavy (non-hydrogen) atoms. The molecule has 0 bridgehead atoms. The standard InChI is InChI=1S/C39H28F7N3O5S/c1-53-27-18-9-15-23(34(27)54-2)19-26(48-36(50)22-13-7-4-8-14-22)37(51)47-24-16-10-17-25(20-24)55-35(21-11-5-3-6-12-21)38(52)49-33-31(42)29(40)28(39(44,45)46)30(41)32(33)43/h3-20,35H,1-2H3,(H,47,51)(H,48,50)(H,49,52)/b26-19+. The summed E-state index contributed by atoms with van der Waals surface area (Å²) >= 11 is 0.775. The quantitative estimate of drug-likeness (QED) is 0.0505. The van der Waals surface area contributed by atoms with Crippen molar-refractivity contribution >= 4 is 46.9 Å². The highest BCUT2D eigenvalue weighted by Gasteiger charge is 2.43. The van der Waals surface area contributed by atoms with Gasteiger partial charge in [-0.05, 0) is 48.0 Å². The summed E-state index contributed by atoms with van der Waals surface area (Å²) in [6, 6.07) is 26.5. The lowest BCUT2D eigenvalue weighted by atomic mass is 10.1. The third-order valence-electron chi connectivity index (χ3n) is 7.74. The van der Waals surface area contributed by atoms with Gasteiger partial charge in [-0.25, -0.2) is 17.6 Å². The fraction of sp³-hybridized carbons (Fsp3) is 0.103. The summed E-state index contributed by atoms with van der Waals surface area (Å²) in [5.74, 6) is -12.4. The van der Waals surface area contributed by atoms with Crippen LogP contribution in [0, 0.1) is 23.3 Å². The first kappa shape index (κ1) is 39.9. The van der Waals surface area contributed by atoms with Crippen molar-refractivity contribution in [2.45, 2.75) is 16.3 Å². The minimum Gasteiger partial charge on any atom is -0.493 e. The number of anilines is 2. The van der Waals surface area contributed by atoms with E-state index in [1.807, 2.05) is 0 Å². The van der Waals surface area contributed by atoms with Crippen LogP contribution in [0.3, 0.4) is 0 Å². The molecule has 0 aliphatic rings. The molecule has 0 spiro atoms. The van der Waals surface area contributed by atoms with Crippen molar-refractivity contribution < 1.29 is 54.6 Å². The van der Waals surface area contributed by atoms with E-state index >= 15 is 0 Å². The van der Waals surface area contributed by atoms with Crippen molar-refractivity contribution in [2.24, 2.45) is 0 Å². The summed E-state index contributed by atoms with van der Waals surface area (Å²) in [7, 11) is 2.83. The SMILES string of the molecule is COc1cccc(/C=C(/NC(=O)c2ccccc2)C(=O)Nc2cccc(SC(C(=O)Nc3c(F)c(F)c(C(F)(F)F)c(F)c3F)c3ccccc3)c2)c1OC. The van der Waals surface area contributed by atoms with Gasteiger partial charge in [0.1, 0.15) is 22.2 Å². The minimum absolute atomic E-state index is 0.156. The third kappa shape index (κ3) is 9.27. The highest BCUT2D eigenvalue weighted by atomic mass is 32.2. The van der Waals surface area contributed by atoms with Gasteiger partial charge in [-0.15, -0.1) is 11.8 Å². The predicted molar refractivity (Wildman–Crippen MR) is 191 cm³/mol. The molecule has 3 N–H and O–H groups in total. The first-order chi connectivity index (χ1) is 26.2. The van der Waals surface area contributed by atoms with Crippen LogP contribution < -0.4 is 25.4 Å². The molecule has 5 rings (SSSR count). The largest absolute Gasteiger partial charge is 0.493 e. The summed E-state index contributed by atoms with van der Waals surface area (Å²) in [4.78, 5) is 40.7. The van der Waals surface area contributed by atoms with E-state index in [4.69, 9.17) is 9.47 Å². The first-order valence-corrected chi connectivity index (χ1v) is 16.8. The maximum atomic E-state index is 14.7. The van der Waals surface area contributed by atoms with Crippen molar-refractivity contribution in [3.63, 3.8) is 0 Å². The van der Waals surface area contributed by atoms with Crippen LogP contribution in [0.2, 0.25) is 0 Å². The number of amides is 3. The number of para-hydroxylation sites is 1. The molecule has 16 heteroatoms. The van der Waals surface area contributed by atoms with E-state index in [9.17, 15) is 45.1 Å². The Morgan fingerprint density at radius 1 is 0.727 bits per heavy atom. The molecule has 0 fully saturated rings. The van der Waals surface area contributed by atoms with Crippen LogP contribution in [-0.4, -0.2) is 31.9 Å². The van der Waals surface area contributed by atoms with Crippen LogP contribution in [0.1, 0.15) is 32.3 Å². The van der Waals surface area contributed by atoms with Gasteiger partial charge < -0.3 is 25.4 Å². The van der Waals surface area contributed by atoms with Crippen molar-refractivity contribution in [1.82, 2.24) is 5.32 Å². The van der Waals surface area contributed by atoms with E-state index in [1.165, 1.54) is 68.8 Å². The van der Waals surface area contributed by atoms with Gasteiger partial charge in [-0.2, -0.15) is 13.2 Å². The molecule has 3 amide bonds. The van der Waals surface area contributed by atoms with Crippen molar-refractivity contribution in [2.75, 3.05) is 24.9 Å². The Labute approximate surface area is 313 Å². The molecule has 0 aliphatic carbocycles. The zero-order valence-corrected chi connectivity index (χ0v) is 29.4. The van der Waals surface area contributed by atoms with Gasteiger partial charge >= 0.3 is 6.18 Å². The highest BCUT2D eigenvalue weighted by molar-refractivity contribution is 8.00. The van der Waals surface area contributed by atoms with Crippen molar-refractivity contribution in [3.05, 3.63) is 154 Å². The maximum Gasteiger partial charge on any atom is 0.422 e. The van der Waals surface area contributed by atoms with Gasteiger partial charge in [-0.1, -0.05) is 66.7 Å². The normalized spacial score (nSPS) is 12.1. The average molecular weight is 784 g/mol. The number of alkyl halides is 3. The Morgan fingerprint density at radius 2 is 1.35 bits per heavy atom. The van der Waals surface area contributed by atoms with Gasteiger partial charge in [0.05, 0.1) is 14.2 Å². The molecule has 0 heterocycles. The highest BCUT2D eigenvalue weighted by Crippen LogP contribution is 2.41. The molecule has 1 atom stereocenters. The predicted octanol–water partition coefficient (Wildman–Crippen LogP) is 9.16. The first-order valence-electron chi connectivity index (χ1n) is 15.9. The molecule has 0 saturated carbocycles. The number of rotatable bonds is 12. The van der Waals surface area contributed by atoms with Crippen LogP contribution in [0.5, 0.6) is 11.5 Å². The second-order valence-corrected chi connectivity index (χ2v) is 12.5. The zero-order chi connectivity index (χ0) is 39.9. The van der Waals surface area contributed by atoms with E-state index in [2.05, 4.69) is 10.6 Å². The number of halogens is 7. The van der Waals surface area contributed by atoms with Crippen LogP contribution in [0.4, 0.5) is 42.1 Å². The molecule has 0 saturated heterocycles. The number of carbonyl (C=O) groups is 3. The van der Waals surface area contributed by atoms with Gasteiger partial charge in [0, 0.05) is 21.7 Å². The Kier molecular flexibility index (Phi) is 12.5. The second kappa shape index (κ2) is 17.2. The summed E-state index contributed by atoms with van der Waals surface area (Å²) in [6.45, 7) is 0. The maximum absolute atomic E-state index is 14.7. The van der Waals surface area contributed by atoms with Gasteiger partial charge in [0.15, 0.2) is 34.8 Å². The average Bonchev–Trinajstić information content (AvgIpc) is 3.17. The molecule has 0 aromatic heterocycles. The van der Waals surface area contributed by atoms with Crippen LogP contribution in [0.25, 0.3) is 6.08 Å². The molecule has 5 aromatic rings. The number of benzene rings is 5. The molecular formula is C39H28F7N3O5S. The summed E-state index contributed by atoms with van der Waals surface area (Å²) in [5, 5.41) is 5.57. The van der Waals surface area contributed by atoms with E-state index < -0.39 is 63.7 Å². The number of hydrogen-bond donors (Lipinski definition) is 3. The lowest BCUT2D eigenvalue weighted by molar-refractivity contribution is -0.143. The Hall–Kier alpha value is -6.29. The Bertz CT molecular complexity index is 2230. The number of methoxy groups -OCH3 is 2. The summed E-state index contributed by atoms with van der Waals surface area (Å²) < 4.78 is 108. The number of hydrogen-bond acceptors (Lipinski definition) is 6. The van der Waals surface area contributed by atoms with Crippen LogP contribution >= 0.6 is 11.8 Å². The van der Waals surface area contributed by atoms with Crippen LogP contribution in [0.15, 0.2) is 114 Å². The second-order valence-electron chi connectivity index (χ2n) is 11.3. The molecule has 1 unspecified atom stereocenters. The zero-order valence-electron chi connectivity index (χ0n) is 28.6. The van der Waals surface area contributed by atoms with E-state index in [0.717, 1.165) is 11.8 Å². The lowest BCUT2D eigenvalue weighted by Gasteiger charge is -2.19. The Morgan fingerprint density at radius 3 is 1.95 bits per heavy atom. The lowest BCUT2D eigenvalue weighted by Crippen LogP contribution is -2.30. The number of nitrogens with one attached hydrogen (secondary N) is 3. The molecular weight excluding hydrogens is 755 g/mol. The molecule has 8 nitrogen and oxygen atoms in total. The van der Waals surface area contributed by atoms with Crippen LogP contribution in [-0.2, 0) is 15.8 Å². The van der Waals surface area contributed by atoms with Gasteiger partial charge in [-0.3, -0.25) is 14.4 Å².